The summed E-state index contributed by atoms with van der Waals surface area (Å²) in [6, 6.07) is 17.0. The van der Waals surface area contributed by atoms with E-state index < -0.39 is 17.6 Å². The predicted octanol–water partition coefficient (Wildman–Crippen LogP) is 4.57. The lowest BCUT2D eigenvalue weighted by molar-refractivity contribution is -0.239. The van der Waals surface area contributed by atoms with Gasteiger partial charge in [0.05, 0.1) is 46.9 Å². The first-order valence-corrected chi connectivity index (χ1v) is 14.4. The normalized spacial score (nSPS) is 24.1. The Balaban J connectivity index is 1.49. The van der Waals surface area contributed by atoms with E-state index in [9.17, 15) is 4.79 Å². The Kier molecular flexibility index (Phi) is 8.23. The lowest BCUT2D eigenvalue weighted by Crippen LogP contribution is -2.41. The van der Waals surface area contributed by atoms with Crippen molar-refractivity contribution < 1.29 is 42.7 Å². The molecular formula is C33H37NO9. The molecule has 0 bridgehead atoms. The number of esters is 1. The van der Waals surface area contributed by atoms with Crippen molar-refractivity contribution in [1.82, 2.24) is 5.32 Å². The van der Waals surface area contributed by atoms with Gasteiger partial charge in [-0.2, -0.15) is 0 Å². The van der Waals surface area contributed by atoms with Crippen LogP contribution >= 0.6 is 0 Å². The Labute approximate surface area is 251 Å². The van der Waals surface area contributed by atoms with Crippen LogP contribution in [0.5, 0.6) is 34.5 Å². The van der Waals surface area contributed by atoms with Crippen LogP contribution < -0.4 is 33.7 Å². The summed E-state index contributed by atoms with van der Waals surface area (Å²) in [5.41, 5.74) is 2.34. The molecular weight excluding hydrogens is 554 g/mol. The van der Waals surface area contributed by atoms with E-state index in [-0.39, 0.29) is 18.8 Å². The zero-order valence-corrected chi connectivity index (χ0v) is 24.8. The van der Waals surface area contributed by atoms with E-state index >= 15 is 0 Å². The van der Waals surface area contributed by atoms with Crippen molar-refractivity contribution in [2.24, 2.45) is 5.92 Å². The standard InChI is InChI=1S/C33H37NO9/c1-36-24-10-8-22(9-11-24)33(42-18-23-6-5-13-34-23)25(14-20-15-28(37-2)31(39-4)29(16-20)38-3)30(32(35)43-33)21-7-12-26-27(17-21)41-19-40-26/h7-12,15-17,23,25,30,34H,5-6,13-14,18-19H2,1-4H3. The van der Waals surface area contributed by atoms with E-state index in [1.807, 2.05) is 54.6 Å². The van der Waals surface area contributed by atoms with Crippen molar-refractivity contribution in [3.05, 3.63) is 71.3 Å². The number of carbonyl (C=O) groups is 1. The number of ether oxygens (including phenoxy) is 8. The van der Waals surface area contributed by atoms with E-state index in [0.717, 1.165) is 36.1 Å². The molecule has 0 amide bonds. The second-order valence-corrected chi connectivity index (χ2v) is 10.9. The van der Waals surface area contributed by atoms with Crippen LogP contribution in [0.15, 0.2) is 54.6 Å². The molecule has 0 radical (unpaired) electrons. The topological polar surface area (TPSA) is 103 Å². The highest BCUT2D eigenvalue weighted by Gasteiger charge is 2.58. The Morgan fingerprint density at radius 3 is 2.28 bits per heavy atom. The van der Waals surface area contributed by atoms with E-state index in [0.29, 0.717) is 47.5 Å². The number of benzene rings is 3. The predicted molar refractivity (Wildman–Crippen MR) is 156 cm³/mol. The number of fused-ring (bicyclic) bond motifs is 1. The van der Waals surface area contributed by atoms with E-state index in [1.54, 1.807) is 28.4 Å². The highest BCUT2D eigenvalue weighted by Crippen LogP contribution is 2.53. The lowest BCUT2D eigenvalue weighted by atomic mass is 9.76. The number of rotatable bonds is 11. The van der Waals surface area contributed by atoms with Gasteiger partial charge in [0.1, 0.15) is 5.75 Å². The highest BCUT2D eigenvalue weighted by atomic mass is 16.7. The number of carbonyl (C=O) groups excluding carboxylic acids is 1. The Bertz CT molecular complexity index is 1430. The summed E-state index contributed by atoms with van der Waals surface area (Å²) in [5, 5.41) is 3.49. The lowest BCUT2D eigenvalue weighted by Gasteiger charge is -2.36. The molecule has 4 atom stereocenters. The first-order valence-electron chi connectivity index (χ1n) is 14.4. The van der Waals surface area contributed by atoms with Crippen molar-refractivity contribution >= 4 is 5.97 Å². The van der Waals surface area contributed by atoms with E-state index in [1.165, 1.54) is 0 Å². The van der Waals surface area contributed by atoms with Crippen molar-refractivity contribution in [3.8, 4) is 34.5 Å². The van der Waals surface area contributed by atoms with Gasteiger partial charge in [-0.1, -0.05) is 6.07 Å². The SMILES string of the molecule is COc1ccc(C2(OCC3CCCN3)OC(=O)C(c3ccc4c(c3)OCO4)C2Cc2cc(OC)c(OC)c(OC)c2)cc1. The fourth-order valence-electron chi connectivity index (χ4n) is 6.35. The monoisotopic (exact) mass is 591 g/mol. The largest absolute Gasteiger partial charge is 0.497 e. The Hall–Kier alpha value is -4.15. The second kappa shape index (κ2) is 12.2. The van der Waals surface area contributed by atoms with Gasteiger partial charge in [0.25, 0.3) is 0 Å². The molecule has 2 saturated heterocycles. The van der Waals surface area contributed by atoms with Crippen molar-refractivity contribution in [2.45, 2.75) is 37.0 Å². The third kappa shape index (κ3) is 5.41. The molecule has 228 valence electrons. The Morgan fingerprint density at radius 2 is 1.63 bits per heavy atom. The molecule has 3 aromatic carbocycles. The van der Waals surface area contributed by atoms with E-state index in [4.69, 9.17) is 37.9 Å². The molecule has 10 nitrogen and oxygen atoms in total. The minimum atomic E-state index is -1.39. The summed E-state index contributed by atoms with van der Waals surface area (Å²) < 4.78 is 46.7. The van der Waals surface area contributed by atoms with Gasteiger partial charge in [0.2, 0.25) is 18.3 Å². The van der Waals surface area contributed by atoms with Crippen LogP contribution in [0.25, 0.3) is 0 Å². The van der Waals surface area contributed by atoms with Gasteiger partial charge in [-0.25, -0.2) is 0 Å². The summed E-state index contributed by atoms with van der Waals surface area (Å²) in [6.07, 6.45) is 2.44. The minimum Gasteiger partial charge on any atom is -0.497 e. The molecule has 3 aliphatic rings. The molecule has 0 saturated carbocycles. The number of cyclic esters (lactones) is 1. The number of nitrogens with one attached hydrogen (secondary N) is 1. The summed E-state index contributed by atoms with van der Waals surface area (Å²) in [7, 11) is 6.35. The molecule has 1 N–H and O–H groups in total. The molecule has 6 rings (SSSR count). The molecule has 2 fully saturated rings. The molecule has 43 heavy (non-hydrogen) atoms. The van der Waals surface area contributed by atoms with Gasteiger partial charge in [0.15, 0.2) is 23.0 Å². The fraction of sp³-hybridized carbons (Fsp3) is 0.424. The smallest absolute Gasteiger partial charge is 0.316 e. The third-order valence-corrected chi connectivity index (χ3v) is 8.49. The van der Waals surface area contributed by atoms with Crippen LogP contribution in [-0.2, 0) is 26.5 Å². The van der Waals surface area contributed by atoms with Crippen LogP contribution in [0, 0.1) is 5.92 Å². The van der Waals surface area contributed by atoms with Crippen LogP contribution in [0.4, 0.5) is 0 Å². The number of hydrogen-bond acceptors (Lipinski definition) is 10. The summed E-state index contributed by atoms with van der Waals surface area (Å²) >= 11 is 0. The van der Waals surface area contributed by atoms with Gasteiger partial charge in [-0.3, -0.25) is 4.79 Å². The average Bonchev–Trinajstić information content (AvgIpc) is 3.79. The molecule has 3 aromatic rings. The molecule has 0 aliphatic carbocycles. The van der Waals surface area contributed by atoms with Crippen LogP contribution in [0.3, 0.4) is 0 Å². The summed E-state index contributed by atoms with van der Waals surface area (Å²) in [6.45, 7) is 1.44. The summed E-state index contributed by atoms with van der Waals surface area (Å²) in [4.78, 5) is 14.0. The molecule has 3 aliphatic heterocycles. The minimum absolute atomic E-state index is 0.135. The number of methoxy groups -OCH3 is 4. The fourth-order valence-corrected chi connectivity index (χ4v) is 6.35. The maximum absolute atomic E-state index is 14.0. The highest BCUT2D eigenvalue weighted by molar-refractivity contribution is 5.82. The maximum Gasteiger partial charge on any atom is 0.316 e. The van der Waals surface area contributed by atoms with Gasteiger partial charge >= 0.3 is 5.97 Å². The average molecular weight is 592 g/mol. The van der Waals surface area contributed by atoms with Crippen LogP contribution in [0.1, 0.15) is 35.4 Å². The second-order valence-electron chi connectivity index (χ2n) is 10.9. The van der Waals surface area contributed by atoms with Gasteiger partial charge in [-0.05, 0) is 85.5 Å². The molecule has 0 spiro atoms. The molecule has 4 unspecified atom stereocenters. The van der Waals surface area contributed by atoms with Crippen molar-refractivity contribution in [1.29, 1.82) is 0 Å². The molecule has 3 heterocycles. The Morgan fingerprint density at radius 1 is 0.884 bits per heavy atom. The zero-order chi connectivity index (χ0) is 30.0. The quantitative estimate of drug-likeness (QED) is 0.319. The first-order chi connectivity index (χ1) is 21.0. The van der Waals surface area contributed by atoms with Gasteiger partial charge in [-0.15, -0.1) is 0 Å². The van der Waals surface area contributed by atoms with Crippen LogP contribution in [0.2, 0.25) is 0 Å². The summed E-state index contributed by atoms with van der Waals surface area (Å²) in [5.74, 6) is 0.516. The maximum atomic E-state index is 14.0. The first kappa shape index (κ1) is 28.9. The van der Waals surface area contributed by atoms with Gasteiger partial charge in [0, 0.05) is 11.6 Å². The van der Waals surface area contributed by atoms with Crippen LogP contribution in [-0.4, -0.2) is 60.4 Å². The zero-order valence-electron chi connectivity index (χ0n) is 24.8. The van der Waals surface area contributed by atoms with Gasteiger partial charge < -0.3 is 43.2 Å². The van der Waals surface area contributed by atoms with Crippen molar-refractivity contribution in [2.75, 3.05) is 48.4 Å². The van der Waals surface area contributed by atoms with E-state index in [2.05, 4.69) is 5.32 Å². The third-order valence-electron chi connectivity index (χ3n) is 8.49. The molecule has 10 heteroatoms. The van der Waals surface area contributed by atoms with Crippen molar-refractivity contribution in [3.63, 3.8) is 0 Å². The number of hydrogen-bond donors (Lipinski definition) is 1. The molecule has 0 aromatic heterocycles.